The SMILES string of the molecule is CC1CCC(NC(=O)c2ccc(C#CCN)c(F)c2)C1. The quantitative estimate of drug-likeness (QED) is 0.811. The van der Waals surface area contributed by atoms with E-state index in [1.54, 1.807) is 6.07 Å². The molecule has 1 aliphatic rings. The standard InChI is InChI=1S/C16H19FN2O/c1-11-4-7-14(9-11)19-16(20)13-6-5-12(3-2-8-18)15(17)10-13/h5-6,10-11,14H,4,7-9,18H2,1H3,(H,19,20). The van der Waals surface area contributed by atoms with Gasteiger partial charge in [0.15, 0.2) is 0 Å². The molecule has 2 atom stereocenters. The fourth-order valence-electron chi connectivity index (χ4n) is 2.51. The van der Waals surface area contributed by atoms with Gasteiger partial charge < -0.3 is 11.1 Å². The summed E-state index contributed by atoms with van der Waals surface area (Å²) in [5.41, 5.74) is 5.85. The highest BCUT2D eigenvalue weighted by Gasteiger charge is 2.23. The number of hydrogen-bond donors (Lipinski definition) is 2. The van der Waals surface area contributed by atoms with E-state index in [9.17, 15) is 9.18 Å². The maximum atomic E-state index is 13.8. The van der Waals surface area contributed by atoms with E-state index in [-0.39, 0.29) is 24.1 Å². The number of carbonyl (C=O) groups is 1. The summed E-state index contributed by atoms with van der Waals surface area (Å²) in [7, 11) is 0. The molecule has 0 aliphatic heterocycles. The van der Waals surface area contributed by atoms with Gasteiger partial charge in [-0.25, -0.2) is 4.39 Å². The summed E-state index contributed by atoms with van der Waals surface area (Å²) in [5.74, 6) is 5.17. The van der Waals surface area contributed by atoms with Crippen LogP contribution in [-0.2, 0) is 0 Å². The number of rotatable bonds is 2. The molecular formula is C16H19FN2O. The highest BCUT2D eigenvalue weighted by Crippen LogP contribution is 2.24. The molecule has 3 nitrogen and oxygen atoms in total. The van der Waals surface area contributed by atoms with Crippen LogP contribution in [0.1, 0.15) is 42.1 Å². The van der Waals surface area contributed by atoms with Crippen molar-refractivity contribution in [2.45, 2.75) is 32.2 Å². The van der Waals surface area contributed by atoms with Crippen LogP contribution >= 0.6 is 0 Å². The first kappa shape index (κ1) is 14.5. The summed E-state index contributed by atoms with van der Waals surface area (Å²) in [4.78, 5) is 12.1. The van der Waals surface area contributed by atoms with Gasteiger partial charge in [-0.15, -0.1) is 0 Å². The van der Waals surface area contributed by atoms with Crippen molar-refractivity contribution in [2.24, 2.45) is 11.7 Å². The number of carbonyl (C=O) groups excluding carboxylic acids is 1. The first-order chi connectivity index (χ1) is 9.60. The van der Waals surface area contributed by atoms with Gasteiger partial charge in [0, 0.05) is 11.6 Å². The summed E-state index contributed by atoms with van der Waals surface area (Å²) in [6, 6.07) is 4.55. The monoisotopic (exact) mass is 274 g/mol. The molecule has 1 aromatic carbocycles. The third-order valence-electron chi connectivity index (χ3n) is 3.59. The number of nitrogens with one attached hydrogen (secondary N) is 1. The molecule has 0 spiro atoms. The molecule has 3 N–H and O–H groups in total. The van der Waals surface area contributed by atoms with Gasteiger partial charge in [-0.3, -0.25) is 4.79 Å². The maximum absolute atomic E-state index is 13.8. The molecule has 0 saturated heterocycles. The third-order valence-corrected chi connectivity index (χ3v) is 3.59. The molecule has 2 rings (SSSR count). The fourth-order valence-corrected chi connectivity index (χ4v) is 2.51. The van der Waals surface area contributed by atoms with Crippen LogP contribution in [0, 0.1) is 23.6 Å². The second-order valence-corrected chi connectivity index (χ2v) is 5.29. The van der Waals surface area contributed by atoms with Crippen molar-refractivity contribution in [2.75, 3.05) is 6.54 Å². The van der Waals surface area contributed by atoms with Gasteiger partial charge in [-0.2, -0.15) is 0 Å². The Morgan fingerprint density at radius 1 is 1.50 bits per heavy atom. The first-order valence-corrected chi connectivity index (χ1v) is 6.89. The van der Waals surface area contributed by atoms with Gasteiger partial charge in [0.1, 0.15) is 5.82 Å². The van der Waals surface area contributed by atoms with E-state index in [1.165, 1.54) is 12.1 Å². The minimum Gasteiger partial charge on any atom is -0.349 e. The topological polar surface area (TPSA) is 55.1 Å². The lowest BCUT2D eigenvalue weighted by atomic mass is 10.1. The van der Waals surface area contributed by atoms with Crippen LogP contribution in [0.2, 0.25) is 0 Å². The zero-order valence-electron chi connectivity index (χ0n) is 11.6. The molecule has 0 heterocycles. The van der Waals surface area contributed by atoms with Crippen molar-refractivity contribution < 1.29 is 9.18 Å². The summed E-state index contributed by atoms with van der Waals surface area (Å²) in [6.07, 6.45) is 3.12. The van der Waals surface area contributed by atoms with Crippen LogP contribution in [-0.4, -0.2) is 18.5 Å². The lowest BCUT2D eigenvalue weighted by Crippen LogP contribution is -2.32. The Morgan fingerprint density at radius 2 is 2.30 bits per heavy atom. The molecule has 1 aliphatic carbocycles. The molecule has 2 unspecified atom stereocenters. The highest BCUT2D eigenvalue weighted by atomic mass is 19.1. The van der Waals surface area contributed by atoms with Gasteiger partial charge in [0.05, 0.1) is 12.1 Å². The van der Waals surface area contributed by atoms with Crippen molar-refractivity contribution >= 4 is 5.91 Å². The molecule has 1 amide bonds. The van der Waals surface area contributed by atoms with Crippen molar-refractivity contribution in [1.29, 1.82) is 0 Å². The third kappa shape index (κ3) is 3.58. The van der Waals surface area contributed by atoms with Crippen molar-refractivity contribution in [1.82, 2.24) is 5.32 Å². The Kier molecular flexibility index (Phi) is 4.75. The second kappa shape index (κ2) is 6.53. The second-order valence-electron chi connectivity index (χ2n) is 5.29. The molecule has 20 heavy (non-hydrogen) atoms. The van der Waals surface area contributed by atoms with Gasteiger partial charge in [0.2, 0.25) is 0 Å². The van der Waals surface area contributed by atoms with Crippen molar-refractivity contribution in [3.63, 3.8) is 0 Å². The smallest absolute Gasteiger partial charge is 0.251 e. The predicted octanol–water partition coefficient (Wildman–Crippen LogP) is 2.05. The number of halogens is 1. The Bertz CT molecular complexity index is 559. The molecule has 0 radical (unpaired) electrons. The normalized spacial score (nSPS) is 21.1. The number of hydrogen-bond acceptors (Lipinski definition) is 2. The Labute approximate surface area is 118 Å². The van der Waals surface area contributed by atoms with E-state index in [0.29, 0.717) is 11.5 Å². The average Bonchev–Trinajstić information content (AvgIpc) is 2.82. The summed E-state index contributed by atoms with van der Waals surface area (Å²) < 4.78 is 13.8. The minimum atomic E-state index is -0.488. The van der Waals surface area contributed by atoms with E-state index in [1.807, 2.05) is 0 Å². The average molecular weight is 274 g/mol. The van der Waals surface area contributed by atoms with Crippen molar-refractivity contribution in [3.8, 4) is 11.8 Å². The highest BCUT2D eigenvalue weighted by molar-refractivity contribution is 5.94. The summed E-state index contributed by atoms with van der Waals surface area (Å²) >= 11 is 0. The zero-order chi connectivity index (χ0) is 14.5. The van der Waals surface area contributed by atoms with Gasteiger partial charge in [-0.05, 0) is 43.4 Å². The van der Waals surface area contributed by atoms with Crippen LogP contribution in [0.25, 0.3) is 0 Å². The molecular weight excluding hydrogens is 255 g/mol. The largest absolute Gasteiger partial charge is 0.349 e. The van der Waals surface area contributed by atoms with Gasteiger partial charge in [-0.1, -0.05) is 18.8 Å². The molecule has 1 aromatic rings. The van der Waals surface area contributed by atoms with Gasteiger partial charge in [0.25, 0.3) is 5.91 Å². The minimum absolute atomic E-state index is 0.182. The predicted molar refractivity (Wildman–Crippen MR) is 76.6 cm³/mol. The first-order valence-electron chi connectivity index (χ1n) is 6.89. The number of nitrogens with two attached hydrogens (primary N) is 1. The molecule has 0 bridgehead atoms. The van der Waals surface area contributed by atoms with E-state index >= 15 is 0 Å². The van der Waals surface area contributed by atoms with Crippen LogP contribution in [0.5, 0.6) is 0 Å². The van der Waals surface area contributed by atoms with E-state index in [2.05, 4.69) is 24.1 Å². The summed E-state index contributed by atoms with van der Waals surface area (Å²) in [6.45, 7) is 2.36. The Hall–Kier alpha value is -1.86. The van der Waals surface area contributed by atoms with Crippen LogP contribution < -0.4 is 11.1 Å². The fraction of sp³-hybridized carbons (Fsp3) is 0.438. The van der Waals surface area contributed by atoms with Gasteiger partial charge >= 0.3 is 0 Å². The Morgan fingerprint density at radius 3 is 2.90 bits per heavy atom. The van der Waals surface area contributed by atoms with E-state index < -0.39 is 5.82 Å². The number of amides is 1. The Balaban J connectivity index is 2.05. The molecule has 4 heteroatoms. The van der Waals surface area contributed by atoms with Crippen LogP contribution in [0.4, 0.5) is 4.39 Å². The van der Waals surface area contributed by atoms with Crippen LogP contribution in [0.15, 0.2) is 18.2 Å². The molecule has 0 aromatic heterocycles. The van der Waals surface area contributed by atoms with Crippen LogP contribution in [0.3, 0.4) is 0 Å². The maximum Gasteiger partial charge on any atom is 0.251 e. The number of benzene rings is 1. The van der Waals surface area contributed by atoms with E-state index in [4.69, 9.17) is 5.73 Å². The molecule has 1 saturated carbocycles. The zero-order valence-corrected chi connectivity index (χ0v) is 11.6. The molecule has 106 valence electrons. The lowest BCUT2D eigenvalue weighted by Gasteiger charge is -2.12. The molecule has 1 fully saturated rings. The lowest BCUT2D eigenvalue weighted by molar-refractivity contribution is 0.0937. The summed E-state index contributed by atoms with van der Waals surface area (Å²) in [5, 5.41) is 2.95. The van der Waals surface area contributed by atoms with E-state index in [0.717, 1.165) is 19.3 Å². The van der Waals surface area contributed by atoms with Crippen molar-refractivity contribution in [3.05, 3.63) is 35.1 Å².